The maximum absolute atomic E-state index is 12.1. The van der Waals surface area contributed by atoms with E-state index in [0.29, 0.717) is 24.9 Å². The molecular formula is C17H23N3O4S2. The minimum atomic E-state index is -0.667. The molecule has 0 saturated heterocycles. The van der Waals surface area contributed by atoms with Crippen LogP contribution < -0.4 is 10.8 Å². The molecule has 9 heteroatoms. The summed E-state index contributed by atoms with van der Waals surface area (Å²) in [6, 6.07) is 6.93. The van der Waals surface area contributed by atoms with Crippen molar-refractivity contribution in [3.63, 3.8) is 0 Å². The van der Waals surface area contributed by atoms with Crippen LogP contribution in [0.3, 0.4) is 0 Å². The fourth-order valence-electron chi connectivity index (χ4n) is 2.34. The Balaban J connectivity index is 1.67. The largest absolute Gasteiger partial charge is 0.376 e. The molecular weight excluding hydrogens is 374 g/mol. The van der Waals surface area contributed by atoms with Crippen LogP contribution in [-0.2, 0) is 14.5 Å². The molecule has 1 aromatic rings. The Morgan fingerprint density at radius 3 is 2.54 bits per heavy atom. The molecule has 2 atom stereocenters. The molecule has 1 aliphatic rings. The Hall–Kier alpha value is -1.68. The minimum Gasteiger partial charge on any atom is -0.376 e. The third-order valence-corrected chi connectivity index (χ3v) is 6.91. The predicted octanol–water partition coefficient (Wildman–Crippen LogP) is 2.80. The van der Waals surface area contributed by atoms with Crippen LogP contribution in [0.1, 0.15) is 53.5 Å². The molecule has 1 heterocycles. The Bertz CT molecular complexity index is 677. The number of rotatable bonds is 10. The minimum absolute atomic E-state index is 0.144. The van der Waals surface area contributed by atoms with Crippen molar-refractivity contribution < 1.29 is 19.9 Å². The molecule has 2 unspecified atom stereocenters. The average Bonchev–Trinajstić information content (AvgIpc) is 3.21. The molecule has 1 aliphatic heterocycles. The third-order valence-electron chi connectivity index (χ3n) is 3.77. The second-order valence-electron chi connectivity index (χ2n) is 5.69. The lowest BCUT2D eigenvalue weighted by molar-refractivity contribution is -0.129. The van der Waals surface area contributed by atoms with Crippen molar-refractivity contribution >= 4 is 32.3 Å². The van der Waals surface area contributed by atoms with Crippen molar-refractivity contribution in [1.82, 2.24) is 10.8 Å². The predicted molar refractivity (Wildman–Crippen MR) is 103 cm³/mol. The van der Waals surface area contributed by atoms with Crippen molar-refractivity contribution in [2.75, 3.05) is 6.54 Å². The molecule has 0 bridgehead atoms. The van der Waals surface area contributed by atoms with Crippen LogP contribution >= 0.6 is 10.8 Å². The fraction of sp³-hybridized carbons (Fsp3) is 0.412. The number of unbranched alkanes of at least 4 members (excludes halogenated alkanes) is 3. The van der Waals surface area contributed by atoms with Crippen LogP contribution in [0.5, 0.6) is 0 Å². The standard InChI is InChI=1S/C17H23N3O4S2/c21-15(20-24)5-3-1-2-4-10-18-16(22)13-6-8-14(9-7-13)17(23)26-19-11-12-25-26/h6-9,11-12,17,23-24H,1-5,10H2,(H,18,22)(H,20,21). The summed E-state index contributed by atoms with van der Waals surface area (Å²) in [5.41, 5.74) is 2.24. The van der Waals surface area contributed by atoms with Crippen LogP contribution in [0.15, 0.2) is 40.2 Å². The van der Waals surface area contributed by atoms with Crippen LogP contribution in [0.25, 0.3) is 0 Å². The normalized spacial score (nSPS) is 16.8. The molecule has 0 aliphatic carbocycles. The lowest BCUT2D eigenvalue weighted by atomic mass is 10.1. The zero-order valence-electron chi connectivity index (χ0n) is 14.3. The molecule has 142 valence electrons. The van der Waals surface area contributed by atoms with Gasteiger partial charge in [0.05, 0.1) is 0 Å². The molecule has 0 radical (unpaired) electrons. The fourth-order valence-corrected chi connectivity index (χ4v) is 4.92. The van der Waals surface area contributed by atoms with E-state index in [2.05, 4.69) is 9.68 Å². The van der Waals surface area contributed by atoms with E-state index in [1.54, 1.807) is 35.9 Å². The number of nitrogens with one attached hydrogen (secondary N) is 2. The number of nitrogens with zero attached hydrogens (tertiary/aromatic N) is 1. The van der Waals surface area contributed by atoms with Gasteiger partial charge in [0, 0.05) is 39.9 Å². The van der Waals surface area contributed by atoms with Gasteiger partial charge in [-0.25, -0.2) is 9.84 Å². The van der Waals surface area contributed by atoms with E-state index < -0.39 is 15.2 Å². The van der Waals surface area contributed by atoms with Crippen molar-refractivity contribution in [2.24, 2.45) is 4.36 Å². The lowest BCUT2D eigenvalue weighted by Crippen LogP contribution is -2.24. The summed E-state index contributed by atoms with van der Waals surface area (Å²) >= 11 is 0. The first-order valence-electron chi connectivity index (χ1n) is 8.37. The highest BCUT2D eigenvalue weighted by atomic mass is 33.1. The van der Waals surface area contributed by atoms with Gasteiger partial charge in [-0.05, 0) is 41.3 Å². The second-order valence-corrected chi connectivity index (χ2v) is 8.97. The monoisotopic (exact) mass is 397 g/mol. The summed E-state index contributed by atoms with van der Waals surface area (Å²) in [5.74, 6) is -0.515. The van der Waals surface area contributed by atoms with Gasteiger partial charge < -0.3 is 10.4 Å². The van der Waals surface area contributed by atoms with Gasteiger partial charge in [-0.2, -0.15) is 0 Å². The van der Waals surface area contributed by atoms with Gasteiger partial charge in [-0.3, -0.25) is 14.8 Å². The topological polar surface area (TPSA) is 111 Å². The van der Waals surface area contributed by atoms with Gasteiger partial charge in [-0.1, -0.05) is 25.0 Å². The Labute approximate surface area is 158 Å². The summed E-state index contributed by atoms with van der Waals surface area (Å²) in [6.45, 7) is 0.569. The van der Waals surface area contributed by atoms with Gasteiger partial charge in [-0.15, -0.1) is 0 Å². The van der Waals surface area contributed by atoms with Gasteiger partial charge >= 0.3 is 0 Å². The highest BCUT2D eigenvalue weighted by molar-refractivity contribution is 8.71. The Morgan fingerprint density at radius 2 is 1.88 bits per heavy atom. The average molecular weight is 398 g/mol. The first-order valence-corrected chi connectivity index (χ1v) is 11.0. The number of aliphatic hydroxyl groups excluding tert-OH is 1. The smallest absolute Gasteiger partial charge is 0.251 e. The number of hydrogen-bond donors (Lipinski definition) is 4. The summed E-state index contributed by atoms with van der Waals surface area (Å²) < 4.78 is 4.20. The van der Waals surface area contributed by atoms with Crippen molar-refractivity contribution in [2.45, 2.75) is 37.5 Å². The zero-order valence-corrected chi connectivity index (χ0v) is 15.9. The summed E-state index contributed by atoms with van der Waals surface area (Å²) in [6.07, 6.45) is 5.33. The number of amides is 2. The molecule has 2 rings (SSSR count). The number of aliphatic hydroxyl groups is 1. The van der Waals surface area contributed by atoms with Gasteiger partial charge in [0.25, 0.3) is 5.91 Å². The number of hydroxylamine groups is 1. The first-order chi connectivity index (χ1) is 12.6. The molecule has 0 fully saturated rings. The highest BCUT2D eigenvalue weighted by Crippen LogP contribution is 2.31. The maximum atomic E-state index is 12.1. The summed E-state index contributed by atoms with van der Waals surface area (Å²) in [7, 11) is 0.988. The maximum Gasteiger partial charge on any atom is 0.251 e. The number of carbonyl (C=O) groups is 2. The molecule has 0 saturated carbocycles. The summed E-state index contributed by atoms with van der Waals surface area (Å²) in [5, 5.41) is 23.4. The van der Waals surface area contributed by atoms with Crippen LogP contribution in [0.2, 0.25) is 0 Å². The van der Waals surface area contributed by atoms with E-state index in [-0.39, 0.29) is 11.8 Å². The van der Waals surface area contributed by atoms with Crippen molar-refractivity contribution in [1.29, 1.82) is 0 Å². The second kappa shape index (κ2) is 11.1. The molecule has 7 nitrogen and oxygen atoms in total. The highest BCUT2D eigenvalue weighted by Gasteiger charge is 2.16. The van der Waals surface area contributed by atoms with Gasteiger partial charge in [0.1, 0.15) is 5.44 Å². The molecule has 1 aromatic carbocycles. The van der Waals surface area contributed by atoms with Gasteiger partial charge in [0.2, 0.25) is 5.91 Å². The molecule has 4 N–H and O–H groups in total. The Kier molecular flexibility index (Phi) is 8.82. The number of benzene rings is 1. The number of hydrogen-bond acceptors (Lipinski definition) is 6. The van der Waals surface area contributed by atoms with E-state index in [4.69, 9.17) is 5.21 Å². The Morgan fingerprint density at radius 1 is 1.15 bits per heavy atom. The van der Waals surface area contributed by atoms with E-state index in [0.717, 1.165) is 24.8 Å². The van der Waals surface area contributed by atoms with E-state index in [1.807, 2.05) is 5.41 Å². The van der Waals surface area contributed by atoms with Crippen LogP contribution in [0, 0.1) is 0 Å². The van der Waals surface area contributed by atoms with Crippen molar-refractivity contribution in [3.8, 4) is 0 Å². The number of carbonyl (C=O) groups excluding carboxylic acids is 2. The van der Waals surface area contributed by atoms with Gasteiger partial charge in [0.15, 0.2) is 0 Å². The van der Waals surface area contributed by atoms with Crippen LogP contribution in [0.4, 0.5) is 0 Å². The molecule has 0 spiro atoms. The zero-order chi connectivity index (χ0) is 18.8. The first kappa shape index (κ1) is 20.6. The molecule has 26 heavy (non-hydrogen) atoms. The molecule has 0 aromatic heterocycles. The van der Waals surface area contributed by atoms with Crippen LogP contribution in [-0.4, -0.2) is 28.7 Å². The third kappa shape index (κ3) is 6.56. The van der Waals surface area contributed by atoms with Crippen molar-refractivity contribution in [3.05, 3.63) is 47.0 Å². The quantitative estimate of drug-likeness (QED) is 0.210. The van der Waals surface area contributed by atoms with E-state index >= 15 is 0 Å². The summed E-state index contributed by atoms with van der Waals surface area (Å²) in [4.78, 5) is 23.0. The SMILES string of the molecule is O=C(CCCCCCNC(=O)c1ccc(C(O)S2=NC=CS2)cc1)NO. The van der Waals surface area contributed by atoms with E-state index in [1.165, 1.54) is 10.8 Å². The molecule has 2 amide bonds. The lowest BCUT2D eigenvalue weighted by Gasteiger charge is -2.12. The van der Waals surface area contributed by atoms with E-state index in [9.17, 15) is 14.7 Å².